The van der Waals surface area contributed by atoms with Gasteiger partial charge in [-0.25, -0.2) is 4.98 Å². The quantitative estimate of drug-likeness (QED) is 0.620. The molecule has 1 heterocycles. The summed E-state index contributed by atoms with van der Waals surface area (Å²) in [6.07, 6.45) is 2.03. The first kappa shape index (κ1) is 7.41. The van der Waals surface area contributed by atoms with E-state index >= 15 is 0 Å². The molecule has 0 fully saturated rings. The van der Waals surface area contributed by atoms with Gasteiger partial charge in [-0.1, -0.05) is 5.57 Å². The van der Waals surface area contributed by atoms with Crippen LogP contribution in [0.3, 0.4) is 0 Å². The van der Waals surface area contributed by atoms with Crippen molar-refractivity contribution in [1.29, 1.82) is 0 Å². The normalized spacial score (nSPS) is 9.50. The fourth-order valence-electron chi connectivity index (χ4n) is 0.619. The van der Waals surface area contributed by atoms with Crippen molar-refractivity contribution in [2.75, 3.05) is 0 Å². The summed E-state index contributed by atoms with van der Waals surface area (Å²) in [7, 11) is 0. The highest BCUT2D eigenvalue weighted by molar-refractivity contribution is 7.06. The molecule has 0 amide bonds. The Balaban J connectivity index is 2.86. The standard InChI is InChI=1S/C7H10N2S/c1-5(2)4-7-8-6(3)9-10-7/h4H,1-3H3. The van der Waals surface area contributed by atoms with E-state index in [0.717, 1.165) is 10.8 Å². The van der Waals surface area contributed by atoms with Gasteiger partial charge in [0.15, 0.2) is 0 Å². The summed E-state index contributed by atoms with van der Waals surface area (Å²) in [5, 5.41) is 0.998. The number of rotatable bonds is 1. The van der Waals surface area contributed by atoms with Crippen molar-refractivity contribution in [3.63, 3.8) is 0 Å². The van der Waals surface area contributed by atoms with Gasteiger partial charge in [-0.3, -0.25) is 0 Å². The average molecular weight is 154 g/mol. The molecule has 0 aliphatic rings. The first-order chi connectivity index (χ1) is 4.68. The van der Waals surface area contributed by atoms with Gasteiger partial charge in [-0.15, -0.1) is 0 Å². The van der Waals surface area contributed by atoms with Gasteiger partial charge in [0.25, 0.3) is 0 Å². The summed E-state index contributed by atoms with van der Waals surface area (Å²) in [4.78, 5) is 4.18. The third kappa shape index (κ3) is 1.92. The average Bonchev–Trinajstić information content (AvgIpc) is 2.13. The molecule has 0 saturated heterocycles. The van der Waals surface area contributed by atoms with E-state index in [1.165, 1.54) is 17.1 Å². The summed E-state index contributed by atoms with van der Waals surface area (Å²) < 4.78 is 4.06. The largest absolute Gasteiger partial charge is 0.220 e. The molecule has 0 aliphatic heterocycles. The molecule has 10 heavy (non-hydrogen) atoms. The third-order valence-corrected chi connectivity index (χ3v) is 1.71. The molecular weight excluding hydrogens is 144 g/mol. The number of hydrogen-bond acceptors (Lipinski definition) is 3. The molecule has 0 aromatic carbocycles. The van der Waals surface area contributed by atoms with E-state index < -0.39 is 0 Å². The van der Waals surface area contributed by atoms with Crippen LogP contribution in [-0.2, 0) is 0 Å². The monoisotopic (exact) mass is 154 g/mol. The van der Waals surface area contributed by atoms with Gasteiger partial charge in [-0.2, -0.15) is 4.37 Å². The van der Waals surface area contributed by atoms with Crippen LogP contribution in [0.25, 0.3) is 6.08 Å². The summed E-state index contributed by atoms with van der Waals surface area (Å²) in [6.45, 7) is 6.01. The van der Waals surface area contributed by atoms with Gasteiger partial charge in [0.2, 0.25) is 0 Å². The zero-order valence-electron chi connectivity index (χ0n) is 6.38. The summed E-state index contributed by atoms with van der Waals surface area (Å²) in [5.74, 6) is 0.859. The lowest BCUT2D eigenvalue weighted by Crippen LogP contribution is -1.72. The van der Waals surface area contributed by atoms with Crippen LogP contribution in [-0.4, -0.2) is 9.36 Å². The van der Waals surface area contributed by atoms with Crippen molar-refractivity contribution in [2.24, 2.45) is 0 Å². The first-order valence-electron chi connectivity index (χ1n) is 3.13. The van der Waals surface area contributed by atoms with Crippen LogP contribution in [0, 0.1) is 6.92 Å². The molecule has 0 radical (unpaired) electrons. The fraction of sp³-hybridized carbons (Fsp3) is 0.429. The summed E-state index contributed by atoms with van der Waals surface area (Å²) in [5.41, 5.74) is 1.26. The van der Waals surface area contributed by atoms with Gasteiger partial charge >= 0.3 is 0 Å². The molecule has 0 bridgehead atoms. The van der Waals surface area contributed by atoms with Gasteiger partial charge < -0.3 is 0 Å². The lowest BCUT2D eigenvalue weighted by Gasteiger charge is -1.82. The van der Waals surface area contributed by atoms with Gasteiger partial charge in [0, 0.05) is 0 Å². The Morgan fingerprint density at radius 3 is 2.60 bits per heavy atom. The molecule has 3 heteroatoms. The SMILES string of the molecule is CC(C)=Cc1nc(C)ns1. The molecule has 54 valence electrons. The number of hydrogen-bond donors (Lipinski definition) is 0. The van der Waals surface area contributed by atoms with E-state index in [1.54, 1.807) is 0 Å². The molecule has 1 rings (SSSR count). The molecule has 0 saturated carbocycles. The third-order valence-electron chi connectivity index (χ3n) is 0.955. The molecule has 0 spiro atoms. The Morgan fingerprint density at radius 2 is 2.20 bits per heavy atom. The number of allylic oxidation sites excluding steroid dienone is 1. The highest BCUT2D eigenvalue weighted by atomic mass is 32.1. The number of aromatic nitrogens is 2. The fourth-order valence-corrected chi connectivity index (χ4v) is 1.35. The van der Waals surface area contributed by atoms with Crippen molar-refractivity contribution in [1.82, 2.24) is 9.36 Å². The maximum Gasteiger partial charge on any atom is 0.139 e. The van der Waals surface area contributed by atoms with Crippen LogP contribution >= 0.6 is 11.5 Å². The minimum atomic E-state index is 0.859. The highest BCUT2D eigenvalue weighted by Crippen LogP contribution is 2.08. The second-order valence-electron chi connectivity index (χ2n) is 2.40. The van der Waals surface area contributed by atoms with Crippen LogP contribution < -0.4 is 0 Å². The van der Waals surface area contributed by atoms with E-state index in [2.05, 4.69) is 23.2 Å². The van der Waals surface area contributed by atoms with Crippen molar-refractivity contribution in [2.45, 2.75) is 20.8 Å². The van der Waals surface area contributed by atoms with E-state index in [0.29, 0.717) is 0 Å². The highest BCUT2D eigenvalue weighted by Gasteiger charge is 1.93. The van der Waals surface area contributed by atoms with E-state index in [9.17, 15) is 0 Å². The van der Waals surface area contributed by atoms with Gasteiger partial charge in [-0.05, 0) is 38.4 Å². The van der Waals surface area contributed by atoms with Crippen molar-refractivity contribution in [3.05, 3.63) is 16.4 Å². The number of aryl methyl sites for hydroxylation is 1. The Morgan fingerprint density at radius 1 is 1.50 bits per heavy atom. The lowest BCUT2D eigenvalue weighted by molar-refractivity contribution is 1.16. The predicted octanol–water partition coefficient (Wildman–Crippen LogP) is 2.27. The zero-order valence-corrected chi connectivity index (χ0v) is 7.20. The van der Waals surface area contributed by atoms with Crippen molar-refractivity contribution in [3.8, 4) is 0 Å². The molecule has 2 nitrogen and oxygen atoms in total. The van der Waals surface area contributed by atoms with E-state index in [4.69, 9.17) is 0 Å². The van der Waals surface area contributed by atoms with Crippen LogP contribution in [0.15, 0.2) is 5.57 Å². The van der Waals surface area contributed by atoms with Crippen LogP contribution in [0.5, 0.6) is 0 Å². The van der Waals surface area contributed by atoms with Crippen LogP contribution in [0.4, 0.5) is 0 Å². The maximum atomic E-state index is 4.18. The minimum Gasteiger partial charge on any atom is -0.220 e. The summed E-state index contributed by atoms with van der Waals surface area (Å²) >= 11 is 1.44. The van der Waals surface area contributed by atoms with Crippen LogP contribution in [0.1, 0.15) is 24.7 Å². The second-order valence-corrected chi connectivity index (χ2v) is 3.18. The van der Waals surface area contributed by atoms with Crippen molar-refractivity contribution < 1.29 is 0 Å². The summed E-state index contributed by atoms with van der Waals surface area (Å²) in [6, 6.07) is 0. The van der Waals surface area contributed by atoms with E-state index in [-0.39, 0.29) is 0 Å². The van der Waals surface area contributed by atoms with E-state index in [1.807, 2.05) is 13.0 Å². The molecule has 0 atom stereocenters. The Kier molecular flexibility index (Phi) is 2.17. The maximum absolute atomic E-state index is 4.18. The zero-order chi connectivity index (χ0) is 7.56. The molecule has 1 aromatic rings. The van der Waals surface area contributed by atoms with Crippen molar-refractivity contribution >= 4 is 17.6 Å². The Hall–Kier alpha value is -0.700. The smallest absolute Gasteiger partial charge is 0.139 e. The first-order valence-corrected chi connectivity index (χ1v) is 3.91. The Bertz CT molecular complexity index is 246. The Labute approximate surface area is 64.8 Å². The molecule has 0 unspecified atom stereocenters. The van der Waals surface area contributed by atoms with Gasteiger partial charge in [0.1, 0.15) is 10.8 Å². The van der Waals surface area contributed by atoms with Crippen LogP contribution in [0.2, 0.25) is 0 Å². The second kappa shape index (κ2) is 2.92. The topological polar surface area (TPSA) is 25.8 Å². The molecule has 1 aromatic heterocycles. The number of nitrogens with zero attached hydrogens (tertiary/aromatic N) is 2. The lowest BCUT2D eigenvalue weighted by atomic mass is 10.3. The molecule has 0 N–H and O–H groups in total. The van der Waals surface area contributed by atoms with Gasteiger partial charge in [0.05, 0.1) is 0 Å². The predicted molar refractivity (Wildman–Crippen MR) is 44.0 cm³/mol. The molecular formula is C7H10N2S. The minimum absolute atomic E-state index is 0.859. The molecule has 0 aliphatic carbocycles.